The quantitative estimate of drug-likeness (QED) is 0.0902. The summed E-state index contributed by atoms with van der Waals surface area (Å²) in [7, 11) is 0. The van der Waals surface area contributed by atoms with Crippen molar-refractivity contribution >= 4 is 110 Å². The molecule has 0 unspecified atom stereocenters. The van der Waals surface area contributed by atoms with Crippen LogP contribution in [0.5, 0.6) is 46.0 Å². The van der Waals surface area contributed by atoms with Gasteiger partial charge < -0.3 is 60.8 Å². The topological polar surface area (TPSA) is 237 Å². The van der Waals surface area contributed by atoms with Crippen LogP contribution in [0.25, 0.3) is 104 Å². The molecule has 0 atom stereocenters. The zero-order chi connectivity index (χ0) is 37.8. The number of aromatic nitrogens is 4. The summed E-state index contributed by atoms with van der Waals surface area (Å²) in [6, 6.07) is 13.8. The van der Waals surface area contributed by atoms with Crippen LogP contribution in [0.2, 0.25) is 0 Å². The number of rotatable bonds is 0. The fourth-order valence-corrected chi connectivity index (χ4v) is 9.59. The van der Waals surface area contributed by atoms with Gasteiger partial charge in [-0.3, -0.25) is 0 Å². The SMILES string of the molecule is Oc1c(O)c2ccc1c1c3[nH]c(c21)C=c1[nH]c(c2c4ccc(c(O)c4O)c12)=Nc1[nH]c(c2c4ccc(c(O)c4O)c12)C=c1[nH]c(c2c4ccc(c(O)c4O)c12)=C3. The number of nitrogens with zero attached hydrogens (tertiary/aromatic N) is 1. The number of hydrogen-bond acceptors (Lipinski definition) is 9. The first-order valence-corrected chi connectivity index (χ1v) is 17.6. The molecule has 0 radical (unpaired) electrons. The normalized spacial score (nSPS) is 13.4. The number of phenolic OH excluding ortho intramolecular Hbond substituents is 8. The van der Waals surface area contributed by atoms with Crippen molar-refractivity contribution in [2.75, 3.05) is 0 Å². The number of phenols is 16. The zero-order valence-electron chi connectivity index (χ0n) is 28.4. The van der Waals surface area contributed by atoms with Gasteiger partial charge in [-0.15, -0.1) is 0 Å². The smallest absolute Gasteiger partial charge is 0.166 e. The van der Waals surface area contributed by atoms with E-state index in [0.29, 0.717) is 131 Å². The molecule has 13 heteroatoms. The second-order valence-electron chi connectivity index (χ2n) is 14.7. The first-order chi connectivity index (χ1) is 27.1. The van der Waals surface area contributed by atoms with Gasteiger partial charge in [-0.1, -0.05) is 0 Å². The Kier molecular flexibility index (Phi) is 4.77. The van der Waals surface area contributed by atoms with Crippen molar-refractivity contribution in [3.05, 3.63) is 87.1 Å². The van der Waals surface area contributed by atoms with Crippen LogP contribution in [-0.2, 0) is 0 Å². The first kappa shape index (κ1) is 29.3. The second kappa shape index (κ2) is 9.12. The molecule has 0 aliphatic carbocycles. The molecule has 5 heterocycles. The van der Waals surface area contributed by atoms with Crippen molar-refractivity contribution in [3.8, 4) is 46.0 Å². The molecular formula is C43H23N5O8. The molecule has 0 saturated heterocycles. The van der Waals surface area contributed by atoms with E-state index in [9.17, 15) is 40.9 Å². The lowest BCUT2D eigenvalue weighted by Gasteiger charge is -2.10. The molecule has 1 aliphatic rings. The van der Waals surface area contributed by atoms with Gasteiger partial charge in [-0.2, -0.15) is 0 Å². The third-order valence-electron chi connectivity index (χ3n) is 12.0. The molecule has 56 heavy (non-hydrogen) atoms. The Hall–Kier alpha value is -8.19. The molecule has 13 nitrogen and oxygen atoms in total. The first-order valence-electron chi connectivity index (χ1n) is 17.6. The monoisotopic (exact) mass is 737 g/mol. The van der Waals surface area contributed by atoms with E-state index in [2.05, 4.69) is 19.9 Å². The lowest BCUT2D eigenvalue weighted by Crippen LogP contribution is -2.11. The lowest BCUT2D eigenvalue weighted by atomic mass is 9.96. The van der Waals surface area contributed by atoms with Crippen molar-refractivity contribution in [1.29, 1.82) is 0 Å². The van der Waals surface area contributed by atoms with Crippen molar-refractivity contribution in [1.82, 2.24) is 19.9 Å². The Labute approximate surface area is 308 Å². The van der Waals surface area contributed by atoms with E-state index >= 15 is 0 Å². The Morgan fingerprint density at radius 3 is 1.04 bits per heavy atom. The van der Waals surface area contributed by atoms with E-state index in [-0.39, 0.29) is 46.0 Å². The Morgan fingerprint density at radius 1 is 0.304 bits per heavy atom. The van der Waals surface area contributed by atoms with E-state index in [1.807, 2.05) is 18.2 Å². The number of aromatic amines is 4. The van der Waals surface area contributed by atoms with Gasteiger partial charge in [0.25, 0.3) is 0 Å². The lowest BCUT2D eigenvalue weighted by molar-refractivity contribution is 0.412. The fraction of sp³-hybridized carbons (Fsp3) is 0. The number of aromatic hydroxyl groups is 8. The highest BCUT2D eigenvalue weighted by Gasteiger charge is 2.27. The maximum atomic E-state index is 11.1. The molecule has 4 aromatic heterocycles. The highest BCUT2D eigenvalue weighted by atomic mass is 16.3. The Morgan fingerprint density at radius 2 is 0.607 bits per heavy atom. The summed E-state index contributed by atoms with van der Waals surface area (Å²) in [4.78, 5) is 19.0. The third-order valence-corrected chi connectivity index (χ3v) is 12.0. The predicted molar refractivity (Wildman–Crippen MR) is 212 cm³/mol. The van der Waals surface area contributed by atoms with Crippen LogP contribution in [-0.4, -0.2) is 60.8 Å². The molecular weight excluding hydrogens is 714 g/mol. The van der Waals surface area contributed by atoms with E-state index in [4.69, 9.17) is 4.99 Å². The van der Waals surface area contributed by atoms with E-state index < -0.39 is 0 Å². The minimum absolute atomic E-state index is 0.270. The van der Waals surface area contributed by atoms with Gasteiger partial charge in [0.1, 0.15) is 11.3 Å². The van der Waals surface area contributed by atoms with Crippen molar-refractivity contribution in [2.24, 2.45) is 4.99 Å². The number of H-pyrrole nitrogens is 4. The summed E-state index contributed by atoms with van der Waals surface area (Å²) in [6.45, 7) is 0. The summed E-state index contributed by atoms with van der Waals surface area (Å²) in [5.74, 6) is -1.94. The molecule has 0 amide bonds. The molecule has 0 spiro atoms. The van der Waals surface area contributed by atoms with Crippen LogP contribution in [0.15, 0.2) is 53.5 Å². The van der Waals surface area contributed by atoms with Gasteiger partial charge in [0.15, 0.2) is 46.0 Å². The maximum absolute atomic E-state index is 11.1. The summed E-state index contributed by atoms with van der Waals surface area (Å²) < 4.78 is 0. The standard InChI is InChI=1S/C43H23N5O8/c49-34-12-1-3-14(36(34)51)28-22-10-24-30-16-5-7-18(40(55)38(16)53)32(30)42(46-24)48-43-33-19-8-6-17(39(54)41(19)56)31(33)25(47-43)11-23-29-15-4-2-13(35(50)37(15)52)27(29)21(45-23)9-20(44-22)26(12)28/h1-11,44-45,49-56H,(H2,46,47,48). The van der Waals surface area contributed by atoms with E-state index in [1.54, 1.807) is 48.5 Å². The van der Waals surface area contributed by atoms with Crippen LogP contribution in [0.3, 0.4) is 0 Å². The molecule has 17 rings (SSSR count). The predicted octanol–water partition coefficient (Wildman–Crippen LogP) is 5.37. The highest BCUT2D eigenvalue weighted by molar-refractivity contribution is 6.24. The van der Waals surface area contributed by atoms with Crippen LogP contribution < -0.4 is 21.5 Å². The summed E-state index contributed by atoms with van der Waals surface area (Å²) in [6.07, 6.45) is 5.49. The average Bonchev–Trinajstić information content (AvgIpc) is 3.96. The minimum Gasteiger partial charge on any atom is -0.504 e. The van der Waals surface area contributed by atoms with Gasteiger partial charge in [0.05, 0.1) is 11.0 Å². The molecule has 0 fully saturated rings. The average molecular weight is 738 g/mol. The van der Waals surface area contributed by atoms with Crippen LogP contribution in [0.4, 0.5) is 5.82 Å². The summed E-state index contributed by atoms with van der Waals surface area (Å²) >= 11 is 0. The maximum Gasteiger partial charge on any atom is 0.166 e. The van der Waals surface area contributed by atoms with Gasteiger partial charge in [-0.25, -0.2) is 4.99 Å². The number of nitrogens with one attached hydrogen (secondary N) is 4. The number of benzene rings is 12. The Balaban J connectivity index is 1.31. The van der Waals surface area contributed by atoms with Crippen molar-refractivity contribution in [2.45, 2.75) is 0 Å². The number of hydrogen-bond donors (Lipinski definition) is 12. The van der Waals surface area contributed by atoms with Gasteiger partial charge >= 0.3 is 0 Å². The molecule has 16 bridgehead atoms. The van der Waals surface area contributed by atoms with Gasteiger partial charge in [-0.05, 0) is 66.8 Å². The highest BCUT2D eigenvalue weighted by Crippen LogP contribution is 2.50. The molecule has 1 aliphatic heterocycles. The number of fused-ring (bicyclic) bond motifs is 16. The minimum atomic E-state index is -0.300. The van der Waals surface area contributed by atoms with Crippen LogP contribution in [0.1, 0.15) is 17.1 Å². The Bertz CT molecular complexity index is 3520. The molecule has 0 saturated carbocycles. The van der Waals surface area contributed by atoms with Crippen LogP contribution >= 0.6 is 0 Å². The van der Waals surface area contributed by atoms with Crippen molar-refractivity contribution in [3.63, 3.8) is 0 Å². The molecule has 12 N–H and O–H groups in total. The van der Waals surface area contributed by atoms with Crippen LogP contribution in [0, 0.1) is 0 Å². The van der Waals surface area contributed by atoms with Gasteiger partial charge in [0, 0.05) is 108 Å². The fourth-order valence-electron chi connectivity index (χ4n) is 9.59. The van der Waals surface area contributed by atoms with Crippen molar-refractivity contribution < 1.29 is 40.9 Å². The summed E-state index contributed by atoms with van der Waals surface area (Å²) in [5.41, 5.74) is 1.94. The zero-order valence-corrected chi connectivity index (χ0v) is 28.4. The van der Waals surface area contributed by atoms with E-state index in [0.717, 1.165) is 0 Å². The second-order valence-corrected chi connectivity index (χ2v) is 14.7. The van der Waals surface area contributed by atoms with Gasteiger partial charge in [0.2, 0.25) is 0 Å². The third kappa shape index (κ3) is 3.12. The molecule has 16 aromatic rings. The molecule has 268 valence electrons. The van der Waals surface area contributed by atoms with E-state index in [1.165, 1.54) is 0 Å². The summed E-state index contributed by atoms with van der Waals surface area (Å²) in [5, 5.41) is 98.1. The molecule has 12 aromatic carbocycles. The largest absolute Gasteiger partial charge is 0.504 e.